The van der Waals surface area contributed by atoms with Crippen LogP contribution in [0.5, 0.6) is 0 Å². The molecule has 7 nitrogen and oxygen atoms in total. The number of likely N-dealkylation sites (tertiary alicyclic amines) is 1. The summed E-state index contributed by atoms with van der Waals surface area (Å²) in [5.74, 6) is -0.0354. The number of nitrogens with zero attached hydrogens (tertiary/aromatic N) is 2. The highest BCUT2D eigenvalue weighted by molar-refractivity contribution is 9.10. The molecule has 0 saturated carbocycles. The molecule has 0 bridgehead atoms. The monoisotopic (exact) mass is 376 g/mol. The molecule has 116 valence electrons. The Balaban J connectivity index is 2.01. The second-order valence-electron chi connectivity index (χ2n) is 4.99. The smallest absolute Gasteiger partial charge is 0.274 e. The van der Waals surface area contributed by atoms with E-state index in [1.165, 1.54) is 0 Å². The Kier molecular flexibility index (Phi) is 5.31. The van der Waals surface area contributed by atoms with Gasteiger partial charge in [-0.25, -0.2) is 14.8 Å². The molecule has 1 aromatic heterocycles. The highest BCUT2D eigenvalue weighted by Gasteiger charge is 2.26. The molecule has 2 rings (SSSR count). The lowest BCUT2D eigenvalue weighted by atomic mass is 9.98. The first kappa shape index (κ1) is 16.3. The molecule has 21 heavy (non-hydrogen) atoms. The number of nitrogens with two attached hydrogens (primary N) is 1. The van der Waals surface area contributed by atoms with Gasteiger partial charge in [0.25, 0.3) is 16.1 Å². The van der Waals surface area contributed by atoms with Gasteiger partial charge < -0.3 is 4.90 Å². The van der Waals surface area contributed by atoms with Gasteiger partial charge in [-0.2, -0.15) is 8.42 Å². The number of halogens is 1. The summed E-state index contributed by atoms with van der Waals surface area (Å²) in [4.78, 5) is 18.2. The van der Waals surface area contributed by atoms with Crippen LogP contribution in [0.1, 0.15) is 23.2 Å². The molecule has 3 N–H and O–H groups in total. The predicted octanol–water partition coefficient (Wildman–Crippen LogP) is 0.489. The van der Waals surface area contributed by atoms with Crippen molar-refractivity contribution >= 4 is 32.0 Å². The van der Waals surface area contributed by atoms with Gasteiger partial charge in [-0.05, 0) is 46.8 Å². The van der Waals surface area contributed by atoms with E-state index >= 15 is 0 Å². The molecular formula is C12H17BrN4O3S. The topological polar surface area (TPSA) is 105 Å². The van der Waals surface area contributed by atoms with Gasteiger partial charge in [0.15, 0.2) is 0 Å². The largest absolute Gasteiger partial charge is 0.338 e. The van der Waals surface area contributed by atoms with Gasteiger partial charge >= 0.3 is 0 Å². The molecule has 2 heterocycles. The Morgan fingerprint density at radius 3 is 3.00 bits per heavy atom. The summed E-state index contributed by atoms with van der Waals surface area (Å²) >= 11 is 3.27. The van der Waals surface area contributed by atoms with E-state index in [1.807, 2.05) is 0 Å². The lowest BCUT2D eigenvalue weighted by Gasteiger charge is -2.32. The molecule has 0 radical (unpaired) electrons. The van der Waals surface area contributed by atoms with Crippen LogP contribution < -0.4 is 9.86 Å². The van der Waals surface area contributed by atoms with Gasteiger partial charge in [0.05, 0.1) is 5.56 Å². The van der Waals surface area contributed by atoms with E-state index in [1.54, 1.807) is 23.2 Å². The van der Waals surface area contributed by atoms with E-state index in [9.17, 15) is 13.2 Å². The summed E-state index contributed by atoms with van der Waals surface area (Å²) in [5, 5.41) is 4.92. The first-order chi connectivity index (χ1) is 9.87. The van der Waals surface area contributed by atoms with Crippen LogP contribution in [0.4, 0.5) is 0 Å². The second-order valence-corrected chi connectivity index (χ2v) is 7.12. The molecule has 0 aromatic carbocycles. The molecule has 9 heteroatoms. The Bertz CT molecular complexity index is 623. The second kappa shape index (κ2) is 6.82. The minimum Gasteiger partial charge on any atom is -0.338 e. The summed E-state index contributed by atoms with van der Waals surface area (Å²) < 4.78 is 24.7. The molecule has 1 aliphatic rings. The molecular weight excluding hydrogens is 360 g/mol. The van der Waals surface area contributed by atoms with E-state index in [-0.39, 0.29) is 18.4 Å². The fourth-order valence-electron chi connectivity index (χ4n) is 2.37. The van der Waals surface area contributed by atoms with Gasteiger partial charge in [0.1, 0.15) is 4.60 Å². The van der Waals surface area contributed by atoms with Crippen molar-refractivity contribution in [2.24, 2.45) is 11.1 Å². The van der Waals surface area contributed by atoms with Gasteiger partial charge in [-0.15, -0.1) is 0 Å². The number of aromatic nitrogens is 1. The first-order valence-electron chi connectivity index (χ1n) is 6.54. The van der Waals surface area contributed by atoms with Crippen LogP contribution in [-0.2, 0) is 10.2 Å². The van der Waals surface area contributed by atoms with Crippen molar-refractivity contribution in [2.75, 3.05) is 19.6 Å². The highest BCUT2D eigenvalue weighted by Crippen LogP contribution is 2.21. The lowest BCUT2D eigenvalue weighted by Crippen LogP contribution is -2.44. The van der Waals surface area contributed by atoms with Crippen molar-refractivity contribution in [3.8, 4) is 0 Å². The van der Waals surface area contributed by atoms with Gasteiger partial charge in [0, 0.05) is 25.8 Å². The van der Waals surface area contributed by atoms with Crippen molar-refractivity contribution in [1.82, 2.24) is 14.6 Å². The maximum atomic E-state index is 12.5. The fraction of sp³-hybridized carbons (Fsp3) is 0.500. The molecule has 1 amide bonds. The zero-order valence-corrected chi connectivity index (χ0v) is 13.7. The van der Waals surface area contributed by atoms with Gasteiger partial charge in [-0.3, -0.25) is 4.79 Å². The molecule has 1 unspecified atom stereocenters. The van der Waals surface area contributed by atoms with Crippen LogP contribution in [0, 0.1) is 5.92 Å². The standard InChI is InChI=1S/C12H17BrN4O3S/c13-11-10(4-1-5-15-11)12(18)17-6-2-3-9(8-17)7-16-21(14,19)20/h1,4-5,9,16H,2-3,6-8H2,(H2,14,19,20). The quantitative estimate of drug-likeness (QED) is 0.745. The third-order valence-electron chi connectivity index (χ3n) is 3.37. The number of carbonyl (C=O) groups is 1. The number of pyridine rings is 1. The van der Waals surface area contributed by atoms with Crippen LogP contribution in [0.25, 0.3) is 0 Å². The minimum atomic E-state index is -3.69. The summed E-state index contributed by atoms with van der Waals surface area (Å²) in [6, 6.07) is 3.42. The van der Waals surface area contributed by atoms with Crippen LogP contribution in [0.3, 0.4) is 0 Å². The van der Waals surface area contributed by atoms with E-state index in [0.29, 0.717) is 23.3 Å². The Morgan fingerprint density at radius 2 is 2.33 bits per heavy atom. The normalized spacial score (nSPS) is 19.5. The Morgan fingerprint density at radius 1 is 1.57 bits per heavy atom. The number of hydrogen-bond acceptors (Lipinski definition) is 4. The molecule has 1 saturated heterocycles. The van der Waals surface area contributed by atoms with Crippen molar-refractivity contribution in [1.29, 1.82) is 0 Å². The van der Waals surface area contributed by atoms with E-state index in [4.69, 9.17) is 5.14 Å². The van der Waals surface area contributed by atoms with Crippen LogP contribution >= 0.6 is 15.9 Å². The molecule has 1 atom stereocenters. The highest BCUT2D eigenvalue weighted by atomic mass is 79.9. The summed E-state index contributed by atoms with van der Waals surface area (Å²) in [7, 11) is -3.69. The lowest BCUT2D eigenvalue weighted by molar-refractivity contribution is 0.0675. The summed E-state index contributed by atoms with van der Waals surface area (Å²) in [5.41, 5.74) is 0.512. The SMILES string of the molecule is NS(=O)(=O)NCC1CCCN(C(=O)c2cccnc2Br)C1. The number of nitrogens with one attached hydrogen (secondary N) is 1. The van der Waals surface area contributed by atoms with Crippen molar-refractivity contribution in [2.45, 2.75) is 12.8 Å². The molecule has 1 aromatic rings. The maximum absolute atomic E-state index is 12.5. The van der Waals surface area contributed by atoms with Crippen LogP contribution in [0.2, 0.25) is 0 Å². The summed E-state index contributed by atoms with van der Waals surface area (Å²) in [6.07, 6.45) is 3.30. The Hall–Kier alpha value is -1.03. The third kappa shape index (κ3) is 4.73. The third-order valence-corrected chi connectivity index (χ3v) is 4.57. The maximum Gasteiger partial charge on any atom is 0.274 e. The van der Waals surface area contributed by atoms with Crippen molar-refractivity contribution in [3.63, 3.8) is 0 Å². The average Bonchev–Trinajstić information content (AvgIpc) is 2.44. The van der Waals surface area contributed by atoms with Gasteiger partial charge in [0.2, 0.25) is 0 Å². The number of carbonyl (C=O) groups excluding carboxylic acids is 1. The van der Waals surface area contributed by atoms with Crippen LogP contribution in [-0.4, -0.2) is 43.8 Å². The molecule has 1 fully saturated rings. The van der Waals surface area contributed by atoms with E-state index in [0.717, 1.165) is 12.8 Å². The zero-order valence-electron chi connectivity index (χ0n) is 11.3. The fourth-order valence-corrected chi connectivity index (χ4v) is 3.25. The summed E-state index contributed by atoms with van der Waals surface area (Å²) in [6.45, 7) is 1.41. The molecule has 0 aliphatic carbocycles. The minimum absolute atomic E-state index is 0.0662. The van der Waals surface area contributed by atoms with E-state index in [2.05, 4.69) is 25.6 Å². The van der Waals surface area contributed by atoms with Gasteiger partial charge in [-0.1, -0.05) is 0 Å². The van der Waals surface area contributed by atoms with Crippen molar-refractivity contribution < 1.29 is 13.2 Å². The predicted molar refractivity (Wildman–Crippen MR) is 81.7 cm³/mol. The molecule has 1 aliphatic heterocycles. The zero-order chi connectivity index (χ0) is 15.5. The van der Waals surface area contributed by atoms with E-state index < -0.39 is 10.2 Å². The number of piperidine rings is 1. The Labute approximate surface area is 132 Å². The number of hydrogen-bond donors (Lipinski definition) is 2. The average molecular weight is 377 g/mol. The van der Waals surface area contributed by atoms with Crippen LogP contribution in [0.15, 0.2) is 22.9 Å². The van der Waals surface area contributed by atoms with Crippen molar-refractivity contribution in [3.05, 3.63) is 28.5 Å². The number of amides is 1. The first-order valence-corrected chi connectivity index (χ1v) is 8.88. The molecule has 0 spiro atoms. The number of rotatable bonds is 4.